The minimum absolute atomic E-state index is 0.0810. The number of nitrogens with zero attached hydrogens (tertiary/aromatic N) is 4. The summed E-state index contributed by atoms with van der Waals surface area (Å²) in [4.78, 5) is 29.1. The number of ether oxygens (including phenoxy) is 2. The molecular weight excluding hydrogens is 398 g/mol. The van der Waals surface area contributed by atoms with E-state index in [9.17, 15) is 9.59 Å². The van der Waals surface area contributed by atoms with Crippen molar-refractivity contribution < 1.29 is 19.1 Å². The third kappa shape index (κ3) is 5.29. The molecule has 1 unspecified atom stereocenters. The van der Waals surface area contributed by atoms with Crippen LogP contribution in [-0.4, -0.2) is 67.6 Å². The Hall–Kier alpha value is -3.20. The lowest BCUT2D eigenvalue weighted by molar-refractivity contribution is -0.123. The molecule has 9 heteroatoms. The number of nitrogens with one attached hydrogen (secondary N) is 1. The molecule has 9 nitrogen and oxygen atoms in total. The number of benzene rings is 1. The molecule has 0 saturated carbocycles. The monoisotopic (exact) mass is 425 g/mol. The quantitative estimate of drug-likeness (QED) is 0.703. The molecule has 0 radical (unpaired) electrons. The van der Waals surface area contributed by atoms with Crippen molar-refractivity contribution in [3.8, 4) is 0 Å². The maximum Gasteiger partial charge on any atom is 0.359 e. The zero-order valence-corrected chi connectivity index (χ0v) is 17.6. The first kappa shape index (κ1) is 21.0. The van der Waals surface area contributed by atoms with Gasteiger partial charge in [0.05, 0.1) is 13.2 Å². The minimum atomic E-state index is -0.966. The predicted octanol–water partition coefficient (Wildman–Crippen LogP) is 2.10. The van der Waals surface area contributed by atoms with E-state index in [1.54, 1.807) is 12.1 Å². The van der Waals surface area contributed by atoms with Gasteiger partial charge in [-0.15, -0.1) is 10.2 Å². The van der Waals surface area contributed by atoms with Gasteiger partial charge in [0.2, 0.25) is 0 Å². The molecule has 0 spiro atoms. The molecule has 4 rings (SSSR count). The second-order valence-corrected chi connectivity index (χ2v) is 7.65. The number of anilines is 3. The van der Waals surface area contributed by atoms with Crippen LogP contribution in [0.25, 0.3) is 0 Å². The van der Waals surface area contributed by atoms with E-state index in [1.165, 1.54) is 6.92 Å². The smallest absolute Gasteiger partial charge is 0.359 e. The van der Waals surface area contributed by atoms with E-state index in [0.29, 0.717) is 18.9 Å². The third-order valence-corrected chi connectivity index (χ3v) is 5.45. The highest BCUT2D eigenvalue weighted by Crippen LogP contribution is 2.20. The highest BCUT2D eigenvalue weighted by atomic mass is 16.5. The fraction of sp³-hybridized carbons (Fsp3) is 0.455. The molecular formula is C22H27N5O4. The topological polar surface area (TPSA) is 96.9 Å². The first-order valence-corrected chi connectivity index (χ1v) is 10.6. The summed E-state index contributed by atoms with van der Waals surface area (Å²) in [5.41, 5.74) is 1.80. The fourth-order valence-electron chi connectivity index (χ4n) is 3.64. The molecule has 3 heterocycles. The van der Waals surface area contributed by atoms with E-state index in [0.717, 1.165) is 50.5 Å². The first-order chi connectivity index (χ1) is 15.1. The zero-order valence-electron chi connectivity index (χ0n) is 17.6. The van der Waals surface area contributed by atoms with E-state index in [1.807, 2.05) is 24.3 Å². The van der Waals surface area contributed by atoms with E-state index < -0.39 is 18.0 Å². The van der Waals surface area contributed by atoms with Gasteiger partial charge in [-0.1, -0.05) is 0 Å². The van der Waals surface area contributed by atoms with Crippen LogP contribution in [-0.2, 0) is 14.3 Å². The maximum absolute atomic E-state index is 12.4. The number of hydrogen-bond donors (Lipinski definition) is 1. The summed E-state index contributed by atoms with van der Waals surface area (Å²) in [7, 11) is 0. The molecule has 2 aromatic rings. The van der Waals surface area contributed by atoms with E-state index in [-0.39, 0.29) is 5.69 Å². The van der Waals surface area contributed by atoms with Gasteiger partial charge in [-0.05, 0) is 56.2 Å². The Morgan fingerprint density at radius 3 is 2.32 bits per heavy atom. The molecule has 2 fully saturated rings. The van der Waals surface area contributed by atoms with Crippen LogP contribution in [0, 0.1) is 0 Å². The Morgan fingerprint density at radius 2 is 1.68 bits per heavy atom. The van der Waals surface area contributed by atoms with Crippen LogP contribution in [0.5, 0.6) is 0 Å². The summed E-state index contributed by atoms with van der Waals surface area (Å²) < 4.78 is 10.6. The molecule has 1 aromatic heterocycles. The first-order valence-electron chi connectivity index (χ1n) is 10.6. The number of carbonyl (C=O) groups is 2. The van der Waals surface area contributed by atoms with Crippen molar-refractivity contribution in [2.45, 2.75) is 25.9 Å². The summed E-state index contributed by atoms with van der Waals surface area (Å²) in [6.45, 7) is 6.55. The zero-order chi connectivity index (χ0) is 21.6. The molecule has 0 bridgehead atoms. The van der Waals surface area contributed by atoms with Crippen molar-refractivity contribution in [1.82, 2.24) is 10.2 Å². The Kier molecular flexibility index (Phi) is 6.61. The lowest BCUT2D eigenvalue weighted by atomic mass is 10.2. The molecule has 1 N–H and O–H groups in total. The van der Waals surface area contributed by atoms with Crippen molar-refractivity contribution in [1.29, 1.82) is 0 Å². The van der Waals surface area contributed by atoms with Crippen LogP contribution >= 0.6 is 0 Å². The Bertz CT molecular complexity index is 891. The van der Waals surface area contributed by atoms with Crippen molar-refractivity contribution in [3.05, 3.63) is 42.1 Å². The van der Waals surface area contributed by atoms with E-state index in [4.69, 9.17) is 9.47 Å². The molecule has 1 amide bonds. The highest BCUT2D eigenvalue weighted by molar-refractivity contribution is 5.96. The van der Waals surface area contributed by atoms with E-state index in [2.05, 4.69) is 25.3 Å². The lowest BCUT2D eigenvalue weighted by Crippen LogP contribution is -2.36. The summed E-state index contributed by atoms with van der Waals surface area (Å²) in [6, 6.07) is 10.9. The third-order valence-electron chi connectivity index (χ3n) is 5.45. The van der Waals surface area contributed by atoms with Gasteiger partial charge in [0, 0.05) is 37.6 Å². The van der Waals surface area contributed by atoms with Gasteiger partial charge in [-0.25, -0.2) is 4.79 Å². The number of aromatic nitrogens is 2. The predicted molar refractivity (Wildman–Crippen MR) is 116 cm³/mol. The summed E-state index contributed by atoms with van der Waals surface area (Å²) in [5.74, 6) is -0.333. The Morgan fingerprint density at radius 1 is 0.968 bits per heavy atom. The number of hydrogen-bond acceptors (Lipinski definition) is 8. The molecule has 0 aliphatic carbocycles. The summed E-state index contributed by atoms with van der Waals surface area (Å²) in [6.07, 6.45) is 1.30. The fourth-order valence-corrected chi connectivity index (χ4v) is 3.64. The average molecular weight is 425 g/mol. The molecule has 2 aliphatic heterocycles. The van der Waals surface area contributed by atoms with Gasteiger partial charge >= 0.3 is 5.97 Å². The molecule has 164 valence electrons. The van der Waals surface area contributed by atoms with Crippen LogP contribution in [0.2, 0.25) is 0 Å². The molecule has 1 atom stereocenters. The number of amides is 1. The van der Waals surface area contributed by atoms with Gasteiger partial charge in [0.1, 0.15) is 0 Å². The minimum Gasteiger partial charge on any atom is -0.448 e. The molecule has 2 saturated heterocycles. The lowest BCUT2D eigenvalue weighted by Gasteiger charge is -2.28. The van der Waals surface area contributed by atoms with Crippen molar-refractivity contribution >= 4 is 29.1 Å². The van der Waals surface area contributed by atoms with Gasteiger partial charge in [-0.2, -0.15) is 0 Å². The number of rotatable bonds is 6. The Balaban J connectivity index is 1.29. The van der Waals surface area contributed by atoms with Gasteiger partial charge in [0.15, 0.2) is 17.6 Å². The van der Waals surface area contributed by atoms with Crippen LogP contribution < -0.4 is 15.1 Å². The SMILES string of the molecule is CC(OC(=O)c1ccc(N2CCCC2)nn1)C(=O)Nc1ccc(N2CCOCC2)cc1. The number of carbonyl (C=O) groups excluding carboxylic acids is 2. The van der Waals surface area contributed by atoms with Crippen LogP contribution in [0.1, 0.15) is 30.3 Å². The highest BCUT2D eigenvalue weighted by Gasteiger charge is 2.21. The molecule has 1 aromatic carbocycles. The summed E-state index contributed by atoms with van der Waals surface area (Å²) in [5, 5.41) is 10.8. The second-order valence-electron chi connectivity index (χ2n) is 7.65. The molecule has 31 heavy (non-hydrogen) atoms. The van der Waals surface area contributed by atoms with Crippen LogP contribution in [0.15, 0.2) is 36.4 Å². The van der Waals surface area contributed by atoms with Crippen LogP contribution in [0.4, 0.5) is 17.2 Å². The number of morpholine rings is 1. The normalized spacial score (nSPS) is 17.3. The van der Waals surface area contributed by atoms with Crippen molar-refractivity contribution in [2.75, 3.05) is 54.5 Å². The van der Waals surface area contributed by atoms with Crippen molar-refractivity contribution in [2.24, 2.45) is 0 Å². The number of esters is 1. The van der Waals surface area contributed by atoms with E-state index >= 15 is 0 Å². The molecule has 2 aliphatic rings. The van der Waals surface area contributed by atoms with Gasteiger partial charge in [0.25, 0.3) is 5.91 Å². The van der Waals surface area contributed by atoms with Crippen molar-refractivity contribution in [3.63, 3.8) is 0 Å². The second kappa shape index (κ2) is 9.74. The summed E-state index contributed by atoms with van der Waals surface area (Å²) >= 11 is 0. The van der Waals surface area contributed by atoms with Crippen LogP contribution in [0.3, 0.4) is 0 Å². The maximum atomic E-state index is 12.4. The average Bonchev–Trinajstić information content (AvgIpc) is 3.35. The van der Waals surface area contributed by atoms with Gasteiger partial charge < -0.3 is 24.6 Å². The largest absolute Gasteiger partial charge is 0.448 e. The van der Waals surface area contributed by atoms with Gasteiger partial charge in [-0.3, -0.25) is 4.79 Å². The Labute approximate surface area is 181 Å². The standard InChI is InChI=1S/C22H27N5O4/c1-16(31-22(29)19-8-9-20(25-24-19)27-10-2-3-11-27)21(28)23-17-4-6-18(7-5-17)26-12-14-30-15-13-26/h4-9,16H,2-3,10-15H2,1H3,(H,23,28).